The van der Waals surface area contributed by atoms with Crippen molar-refractivity contribution in [3.8, 4) is 11.8 Å². The average molecular weight is 209 g/mol. The zero-order chi connectivity index (χ0) is 11.2. The van der Waals surface area contributed by atoms with Crippen molar-refractivity contribution in [1.82, 2.24) is 4.98 Å². The number of hydrogen-bond acceptors (Lipinski definition) is 1. The number of nitrogens with zero attached hydrogens (tertiary/aromatic N) is 1. The van der Waals surface area contributed by atoms with Crippen LogP contribution < -0.4 is 0 Å². The lowest BCUT2D eigenvalue weighted by Crippen LogP contribution is -1.82. The zero-order valence-electron chi connectivity index (χ0n) is 9.53. The first-order chi connectivity index (χ1) is 7.90. The van der Waals surface area contributed by atoms with E-state index >= 15 is 0 Å². The highest BCUT2D eigenvalue weighted by Gasteiger charge is 1.93. The first-order valence-electron chi connectivity index (χ1n) is 5.74. The lowest BCUT2D eigenvalue weighted by Gasteiger charge is -1.96. The molecule has 2 rings (SSSR count). The second-order valence-corrected chi connectivity index (χ2v) is 3.82. The zero-order valence-corrected chi connectivity index (χ0v) is 9.53. The van der Waals surface area contributed by atoms with E-state index in [4.69, 9.17) is 0 Å². The van der Waals surface area contributed by atoms with Gasteiger partial charge in [0.25, 0.3) is 0 Å². The normalized spacial score (nSPS) is 9.81. The summed E-state index contributed by atoms with van der Waals surface area (Å²) in [5.41, 5.74) is 0.870. The molecule has 80 valence electrons. The van der Waals surface area contributed by atoms with Crippen LogP contribution in [-0.4, -0.2) is 4.98 Å². The molecule has 0 aliphatic heterocycles. The van der Waals surface area contributed by atoms with Gasteiger partial charge in [-0.05, 0) is 23.8 Å². The molecule has 0 fully saturated rings. The molecule has 1 heterocycles. The number of hydrogen-bond donors (Lipinski definition) is 0. The van der Waals surface area contributed by atoms with Crippen LogP contribution in [0.2, 0.25) is 0 Å². The largest absolute Gasteiger partial charge is 0.247 e. The minimum absolute atomic E-state index is 0.870. The Bertz CT molecular complexity index is 532. The molecule has 0 spiro atoms. The Morgan fingerprint density at radius 2 is 2.00 bits per heavy atom. The molecule has 0 saturated carbocycles. The molecule has 1 aromatic carbocycles. The highest BCUT2D eigenvalue weighted by Crippen LogP contribution is 2.12. The molecule has 0 aliphatic rings. The average Bonchev–Trinajstić information content (AvgIpc) is 2.34. The SMILES string of the molecule is CCCCC#Cc1cc2ccccc2cn1. The van der Waals surface area contributed by atoms with Crippen LogP contribution in [0.25, 0.3) is 10.8 Å². The summed E-state index contributed by atoms with van der Waals surface area (Å²) < 4.78 is 0. The van der Waals surface area contributed by atoms with Crippen molar-refractivity contribution in [3.63, 3.8) is 0 Å². The van der Waals surface area contributed by atoms with E-state index in [-0.39, 0.29) is 0 Å². The lowest BCUT2D eigenvalue weighted by molar-refractivity contribution is 0.828. The summed E-state index contributed by atoms with van der Waals surface area (Å²) in [6.07, 6.45) is 5.21. The number of fused-ring (bicyclic) bond motifs is 1. The fraction of sp³-hybridized carbons (Fsp3) is 0.267. The van der Waals surface area contributed by atoms with E-state index in [1.165, 1.54) is 23.6 Å². The number of pyridine rings is 1. The Morgan fingerprint density at radius 1 is 1.19 bits per heavy atom. The summed E-state index contributed by atoms with van der Waals surface area (Å²) in [6.45, 7) is 2.18. The predicted octanol–water partition coefficient (Wildman–Crippen LogP) is 3.78. The van der Waals surface area contributed by atoms with E-state index in [0.717, 1.165) is 12.1 Å². The van der Waals surface area contributed by atoms with Crippen LogP contribution in [0, 0.1) is 11.8 Å². The van der Waals surface area contributed by atoms with Crippen molar-refractivity contribution in [1.29, 1.82) is 0 Å². The number of benzene rings is 1. The van der Waals surface area contributed by atoms with Gasteiger partial charge < -0.3 is 0 Å². The smallest absolute Gasteiger partial charge is 0.113 e. The molecule has 2 aromatic rings. The van der Waals surface area contributed by atoms with E-state index in [1.54, 1.807) is 0 Å². The van der Waals surface area contributed by atoms with Gasteiger partial charge in [-0.1, -0.05) is 43.5 Å². The molecule has 1 aromatic heterocycles. The molecule has 0 unspecified atom stereocenters. The van der Waals surface area contributed by atoms with Crippen LogP contribution in [0.4, 0.5) is 0 Å². The van der Waals surface area contributed by atoms with Gasteiger partial charge in [-0.2, -0.15) is 0 Å². The van der Waals surface area contributed by atoms with Crippen molar-refractivity contribution in [3.05, 3.63) is 42.2 Å². The highest BCUT2D eigenvalue weighted by atomic mass is 14.7. The molecule has 0 N–H and O–H groups in total. The monoisotopic (exact) mass is 209 g/mol. The Kier molecular flexibility index (Phi) is 3.56. The van der Waals surface area contributed by atoms with Crippen LogP contribution in [0.1, 0.15) is 31.9 Å². The third-order valence-corrected chi connectivity index (χ3v) is 2.50. The van der Waals surface area contributed by atoms with Crippen LogP contribution in [0.3, 0.4) is 0 Å². The number of rotatable bonds is 2. The van der Waals surface area contributed by atoms with Crippen LogP contribution >= 0.6 is 0 Å². The van der Waals surface area contributed by atoms with E-state index in [9.17, 15) is 0 Å². The first kappa shape index (κ1) is 10.7. The predicted molar refractivity (Wildman–Crippen MR) is 68.1 cm³/mol. The standard InChI is InChI=1S/C15H15N/c1-2-3-4-5-10-15-11-13-8-6-7-9-14(13)12-16-15/h6-9,11-12H,2-4H2,1H3. The van der Waals surface area contributed by atoms with Gasteiger partial charge in [-0.25, -0.2) is 4.98 Å². The second kappa shape index (κ2) is 5.32. The first-order valence-corrected chi connectivity index (χ1v) is 5.74. The topological polar surface area (TPSA) is 12.9 Å². The summed E-state index contributed by atoms with van der Waals surface area (Å²) in [7, 11) is 0. The highest BCUT2D eigenvalue weighted by molar-refractivity contribution is 5.82. The fourth-order valence-electron chi connectivity index (χ4n) is 1.57. The van der Waals surface area contributed by atoms with Crippen LogP contribution in [0.5, 0.6) is 0 Å². The summed E-state index contributed by atoms with van der Waals surface area (Å²) in [4.78, 5) is 4.33. The van der Waals surface area contributed by atoms with E-state index < -0.39 is 0 Å². The summed E-state index contributed by atoms with van der Waals surface area (Å²) >= 11 is 0. The summed E-state index contributed by atoms with van der Waals surface area (Å²) in [6, 6.07) is 10.3. The molecule has 0 aliphatic carbocycles. The van der Waals surface area contributed by atoms with Gasteiger partial charge in [0.05, 0.1) is 0 Å². The van der Waals surface area contributed by atoms with Gasteiger partial charge >= 0.3 is 0 Å². The van der Waals surface area contributed by atoms with Gasteiger partial charge in [0.1, 0.15) is 5.69 Å². The molecule has 0 saturated heterocycles. The van der Waals surface area contributed by atoms with E-state index in [1.807, 2.05) is 24.4 Å². The Balaban J connectivity index is 2.21. The molecule has 0 amide bonds. The third kappa shape index (κ3) is 2.61. The molecular weight excluding hydrogens is 194 g/mol. The quantitative estimate of drug-likeness (QED) is 0.542. The maximum Gasteiger partial charge on any atom is 0.113 e. The Morgan fingerprint density at radius 3 is 2.81 bits per heavy atom. The van der Waals surface area contributed by atoms with Crippen molar-refractivity contribution in [2.45, 2.75) is 26.2 Å². The van der Waals surface area contributed by atoms with Crippen molar-refractivity contribution < 1.29 is 0 Å². The minimum Gasteiger partial charge on any atom is -0.247 e. The summed E-state index contributed by atoms with van der Waals surface area (Å²) in [5, 5.41) is 2.37. The summed E-state index contributed by atoms with van der Waals surface area (Å²) in [5.74, 6) is 6.27. The fourth-order valence-corrected chi connectivity index (χ4v) is 1.57. The molecule has 16 heavy (non-hydrogen) atoms. The van der Waals surface area contributed by atoms with Gasteiger partial charge in [0, 0.05) is 18.0 Å². The van der Waals surface area contributed by atoms with E-state index in [0.29, 0.717) is 0 Å². The van der Waals surface area contributed by atoms with Crippen molar-refractivity contribution in [2.75, 3.05) is 0 Å². The minimum atomic E-state index is 0.870. The molecule has 0 atom stereocenters. The Hall–Kier alpha value is -1.81. The van der Waals surface area contributed by atoms with Crippen molar-refractivity contribution >= 4 is 10.8 Å². The number of aromatic nitrogens is 1. The van der Waals surface area contributed by atoms with Crippen LogP contribution in [0.15, 0.2) is 36.5 Å². The van der Waals surface area contributed by atoms with E-state index in [2.05, 4.69) is 35.9 Å². The molecular formula is C15H15N. The Labute approximate surface area is 96.5 Å². The van der Waals surface area contributed by atoms with Gasteiger partial charge in [-0.15, -0.1) is 0 Å². The lowest BCUT2D eigenvalue weighted by atomic mass is 10.1. The third-order valence-electron chi connectivity index (χ3n) is 2.50. The van der Waals surface area contributed by atoms with Crippen molar-refractivity contribution in [2.24, 2.45) is 0 Å². The second-order valence-electron chi connectivity index (χ2n) is 3.82. The molecule has 0 bridgehead atoms. The number of unbranched alkanes of at least 4 members (excludes halogenated alkanes) is 2. The van der Waals surface area contributed by atoms with Crippen LogP contribution in [-0.2, 0) is 0 Å². The van der Waals surface area contributed by atoms with Gasteiger partial charge in [0.15, 0.2) is 0 Å². The molecule has 1 heteroatoms. The molecule has 0 radical (unpaired) electrons. The molecule has 1 nitrogen and oxygen atoms in total. The maximum absolute atomic E-state index is 4.33. The van der Waals surface area contributed by atoms with Gasteiger partial charge in [0.2, 0.25) is 0 Å². The maximum atomic E-state index is 4.33. The van der Waals surface area contributed by atoms with Gasteiger partial charge in [-0.3, -0.25) is 0 Å².